The number of ketones is 1. The zero-order valence-electron chi connectivity index (χ0n) is 18.6. The van der Waals surface area contributed by atoms with E-state index in [4.69, 9.17) is 16.3 Å². The normalized spacial score (nSPS) is 17.1. The molecule has 3 aromatic rings. The maximum Gasteiger partial charge on any atom is 0.308 e. The van der Waals surface area contributed by atoms with Crippen LogP contribution in [0.3, 0.4) is 0 Å². The zero-order valence-corrected chi connectivity index (χ0v) is 19.4. The lowest BCUT2D eigenvalue weighted by Gasteiger charge is -2.26. The average Bonchev–Trinajstić information content (AvgIpc) is 3.09. The molecule has 0 saturated carbocycles. The number of hydrogen-bond donors (Lipinski definition) is 1. The molecule has 1 atom stereocenters. The van der Waals surface area contributed by atoms with Crippen LogP contribution in [0.4, 0.5) is 5.69 Å². The number of halogens is 1. The number of carbonyl (C=O) groups excluding carboxylic acids is 3. The Balaban J connectivity index is 1.92. The second-order valence-corrected chi connectivity index (χ2v) is 8.30. The Morgan fingerprint density at radius 3 is 2.32 bits per heavy atom. The molecule has 1 N–H and O–H groups in total. The molecule has 6 nitrogen and oxygen atoms in total. The van der Waals surface area contributed by atoms with Gasteiger partial charge in [0.2, 0.25) is 0 Å². The molecule has 1 heterocycles. The summed E-state index contributed by atoms with van der Waals surface area (Å²) in [4.78, 5) is 39.3. The number of amides is 1. The number of benzene rings is 3. The van der Waals surface area contributed by atoms with Gasteiger partial charge >= 0.3 is 5.97 Å². The molecular weight excluding hydrogens is 454 g/mol. The van der Waals surface area contributed by atoms with Crippen molar-refractivity contribution in [3.8, 4) is 5.75 Å². The lowest BCUT2D eigenvalue weighted by Crippen LogP contribution is -2.29. The fourth-order valence-corrected chi connectivity index (χ4v) is 4.11. The highest BCUT2D eigenvalue weighted by atomic mass is 35.5. The topological polar surface area (TPSA) is 83.9 Å². The summed E-state index contributed by atoms with van der Waals surface area (Å²) in [7, 11) is 0. The van der Waals surface area contributed by atoms with Gasteiger partial charge < -0.3 is 9.84 Å². The van der Waals surface area contributed by atoms with Crippen LogP contribution in [0.1, 0.15) is 36.6 Å². The highest BCUT2D eigenvalue weighted by molar-refractivity contribution is 6.51. The Hall–Kier alpha value is -3.90. The van der Waals surface area contributed by atoms with Gasteiger partial charge in [-0.25, -0.2) is 0 Å². The number of carbonyl (C=O) groups is 3. The molecule has 0 bridgehead atoms. The van der Waals surface area contributed by atoms with Crippen LogP contribution in [0.25, 0.3) is 5.76 Å². The Labute approximate surface area is 202 Å². The van der Waals surface area contributed by atoms with Crippen molar-refractivity contribution >= 4 is 40.7 Å². The molecule has 7 heteroatoms. The van der Waals surface area contributed by atoms with Crippen molar-refractivity contribution in [3.63, 3.8) is 0 Å². The molecule has 1 aliphatic rings. The number of esters is 1. The first-order valence-corrected chi connectivity index (χ1v) is 11.1. The zero-order chi connectivity index (χ0) is 24.4. The van der Waals surface area contributed by atoms with Gasteiger partial charge in [0.15, 0.2) is 0 Å². The first kappa shape index (κ1) is 23.3. The van der Waals surface area contributed by atoms with Crippen LogP contribution in [-0.2, 0) is 20.8 Å². The summed E-state index contributed by atoms with van der Waals surface area (Å²) in [5.41, 5.74) is 2.39. The van der Waals surface area contributed by atoms with Crippen molar-refractivity contribution < 1.29 is 24.2 Å². The molecule has 0 aliphatic carbocycles. The molecule has 1 saturated heterocycles. The predicted molar refractivity (Wildman–Crippen MR) is 130 cm³/mol. The lowest BCUT2D eigenvalue weighted by atomic mass is 9.95. The number of aliphatic hydroxyl groups is 1. The number of anilines is 1. The van der Waals surface area contributed by atoms with E-state index in [1.54, 1.807) is 60.7 Å². The fourth-order valence-electron chi connectivity index (χ4n) is 3.98. The van der Waals surface area contributed by atoms with Crippen molar-refractivity contribution in [2.75, 3.05) is 4.90 Å². The molecule has 1 amide bonds. The van der Waals surface area contributed by atoms with E-state index in [1.807, 2.05) is 19.1 Å². The molecule has 0 radical (unpaired) electrons. The van der Waals surface area contributed by atoms with Crippen LogP contribution in [-0.4, -0.2) is 22.8 Å². The second-order valence-electron chi connectivity index (χ2n) is 7.86. The van der Waals surface area contributed by atoms with Crippen molar-refractivity contribution in [2.24, 2.45) is 0 Å². The van der Waals surface area contributed by atoms with E-state index < -0.39 is 23.7 Å². The summed E-state index contributed by atoms with van der Waals surface area (Å²) >= 11 is 5.97. The van der Waals surface area contributed by atoms with E-state index in [-0.39, 0.29) is 17.1 Å². The van der Waals surface area contributed by atoms with E-state index in [2.05, 4.69) is 0 Å². The third kappa shape index (κ3) is 4.45. The van der Waals surface area contributed by atoms with E-state index in [9.17, 15) is 19.5 Å². The Bertz CT molecular complexity index is 1300. The van der Waals surface area contributed by atoms with Crippen molar-refractivity contribution in [2.45, 2.75) is 26.3 Å². The Morgan fingerprint density at radius 1 is 1.03 bits per heavy atom. The van der Waals surface area contributed by atoms with Gasteiger partial charge in [0, 0.05) is 23.2 Å². The molecule has 4 rings (SSSR count). The maximum absolute atomic E-state index is 13.2. The number of nitrogens with zero attached hydrogens (tertiary/aromatic N) is 1. The quantitative estimate of drug-likeness (QED) is 0.174. The van der Waals surface area contributed by atoms with E-state index >= 15 is 0 Å². The minimum atomic E-state index is -0.932. The van der Waals surface area contributed by atoms with Gasteiger partial charge in [0.25, 0.3) is 11.7 Å². The van der Waals surface area contributed by atoms with Gasteiger partial charge in [-0.05, 0) is 66.1 Å². The highest BCUT2D eigenvalue weighted by Crippen LogP contribution is 2.43. The molecule has 0 spiro atoms. The van der Waals surface area contributed by atoms with Crippen molar-refractivity contribution in [3.05, 3.63) is 100 Å². The molecule has 3 aromatic carbocycles. The third-order valence-corrected chi connectivity index (χ3v) is 5.87. The number of hydrogen-bond acceptors (Lipinski definition) is 5. The van der Waals surface area contributed by atoms with Gasteiger partial charge in [-0.15, -0.1) is 0 Å². The van der Waals surface area contributed by atoms with E-state index in [0.29, 0.717) is 21.8 Å². The summed E-state index contributed by atoms with van der Waals surface area (Å²) in [5, 5.41) is 11.6. The second kappa shape index (κ2) is 9.53. The minimum Gasteiger partial charge on any atom is -0.507 e. The summed E-state index contributed by atoms with van der Waals surface area (Å²) in [5.74, 6) is -2.12. The fraction of sp³-hybridized carbons (Fsp3) is 0.148. The van der Waals surface area contributed by atoms with Crippen molar-refractivity contribution in [1.29, 1.82) is 0 Å². The molecule has 34 heavy (non-hydrogen) atoms. The Morgan fingerprint density at radius 2 is 1.71 bits per heavy atom. The number of rotatable bonds is 5. The van der Waals surface area contributed by atoms with Crippen LogP contribution >= 0.6 is 11.6 Å². The molecular formula is C27H22ClNO5. The SMILES string of the molecule is CCc1ccc(N2C(=O)C(=O)/C(=C(\O)c3ccc(Cl)cc3)C2c2cccc(OC(C)=O)c2)cc1. The average molecular weight is 476 g/mol. The standard InChI is InChI=1S/C27H22ClNO5/c1-3-17-7-13-21(14-8-17)29-24(19-5-4-6-22(15-19)34-16(2)30)23(26(32)27(29)33)25(31)18-9-11-20(28)12-10-18/h4-15,24,31H,3H2,1-2H3/b25-23-. The van der Waals surface area contributed by atoms with Crippen molar-refractivity contribution in [1.82, 2.24) is 0 Å². The summed E-state index contributed by atoms with van der Waals surface area (Å²) in [6, 6.07) is 19.3. The van der Waals surface area contributed by atoms with Crippen LogP contribution < -0.4 is 9.64 Å². The van der Waals surface area contributed by atoms with E-state index in [1.165, 1.54) is 11.8 Å². The smallest absolute Gasteiger partial charge is 0.308 e. The van der Waals surface area contributed by atoms with Gasteiger partial charge in [-0.3, -0.25) is 19.3 Å². The monoisotopic (exact) mass is 475 g/mol. The van der Waals surface area contributed by atoms with E-state index in [0.717, 1.165) is 12.0 Å². The summed E-state index contributed by atoms with van der Waals surface area (Å²) in [6.45, 7) is 3.31. The highest BCUT2D eigenvalue weighted by Gasteiger charge is 2.47. The molecule has 1 unspecified atom stereocenters. The summed E-state index contributed by atoms with van der Waals surface area (Å²) < 4.78 is 5.21. The van der Waals surface area contributed by atoms with Gasteiger partial charge in [-0.1, -0.05) is 42.8 Å². The lowest BCUT2D eigenvalue weighted by molar-refractivity contribution is -0.132. The minimum absolute atomic E-state index is 0.0631. The number of ether oxygens (including phenoxy) is 1. The first-order chi connectivity index (χ1) is 16.3. The summed E-state index contributed by atoms with van der Waals surface area (Å²) in [6.07, 6.45) is 0.823. The van der Waals surface area contributed by atoms with Gasteiger partial charge in [0.05, 0.1) is 11.6 Å². The first-order valence-electron chi connectivity index (χ1n) is 10.7. The largest absolute Gasteiger partial charge is 0.507 e. The molecule has 172 valence electrons. The maximum atomic E-state index is 13.2. The molecule has 1 fully saturated rings. The van der Waals surface area contributed by atoms with Crippen LogP contribution in [0.15, 0.2) is 78.4 Å². The Kier molecular flexibility index (Phi) is 6.52. The van der Waals surface area contributed by atoms with Crippen LogP contribution in [0.2, 0.25) is 5.02 Å². The molecule has 0 aromatic heterocycles. The number of aliphatic hydroxyl groups excluding tert-OH is 1. The van der Waals surface area contributed by atoms with Crippen LogP contribution in [0, 0.1) is 0 Å². The number of Topliss-reactive ketones (excluding diaryl/α,β-unsaturated/α-hetero) is 1. The van der Waals surface area contributed by atoms with Gasteiger partial charge in [0.1, 0.15) is 11.5 Å². The third-order valence-electron chi connectivity index (χ3n) is 5.62. The number of aryl methyl sites for hydroxylation is 1. The predicted octanol–water partition coefficient (Wildman–Crippen LogP) is 5.45. The van der Waals surface area contributed by atoms with Gasteiger partial charge in [-0.2, -0.15) is 0 Å². The molecule has 1 aliphatic heterocycles. The van der Waals surface area contributed by atoms with Crippen LogP contribution in [0.5, 0.6) is 5.75 Å².